The number of morpholine rings is 1. The zero-order valence-corrected chi connectivity index (χ0v) is 16.2. The van der Waals surface area contributed by atoms with Gasteiger partial charge in [0.05, 0.1) is 32.7 Å². The van der Waals surface area contributed by atoms with E-state index in [-0.39, 0.29) is 45.2 Å². The van der Waals surface area contributed by atoms with Gasteiger partial charge in [-0.1, -0.05) is 18.2 Å². The van der Waals surface area contributed by atoms with Gasteiger partial charge in [-0.3, -0.25) is 19.3 Å². The van der Waals surface area contributed by atoms with Crippen molar-refractivity contribution in [1.29, 1.82) is 0 Å². The lowest BCUT2D eigenvalue weighted by Crippen LogP contribution is -2.66. The SMILES string of the molecule is O=C(Cc1ccncc1)N1CCOCC2(C1)CN(c1ccccc1)C(=O)C(F)(F)O2. The van der Waals surface area contributed by atoms with Crippen molar-refractivity contribution in [2.45, 2.75) is 18.1 Å². The van der Waals surface area contributed by atoms with Gasteiger partial charge in [0.2, 0.25) is 5.91 Å². The molecule has 1 aromatic heterocycles. The number of nitrogens with zero attached hydrogens (tertiary/aromatic N) is 3. The molecule has 0 saturated carbocycles. The second kappa shape index (κ2) is 8.08. The van der Waals surface area contributed by atoms with Gasteiger partial charge in [0, 0.05) is 24.6 Å². The highest BCUT2D eigenvalue weighted by Crippen LogP contribution is 2.36. The number of aromatic nitrogens is 1. The number of carbonyl (C=O) groups is 2. The van der Waals surface area contributed by atoms with E-state index in [1.807, 2.05) is 0 Å². The molecular formula is C21H21F2N3O4. The summed E-state index contributed by atoms with van der Waals surface area (Å²) < 4.78 is 39.7. The van der Waals surface area contributed by atoms with Gasteiger partial charge in [0.15, 0.2) is 0 Å². The van der Waals surface area contributed by atoms with E-state index in [1.165, 1.54) is 4.90 Å². The average molecular weight is 417 g/mol. The van der Waals surface area contributed by atoms with Crippen LogP contribution in [-0.4, -0.2) is 66.3 Å². The van der Waals surface area contributed by atoms with Crippen LogP contribution < -0.4 is 4.90 Å². The average Bonchev–Trinajstić information content (AvgIpc) is 2.94. The van der Waals surface area contributed by atoms with E-state index in [1.54, 1.807) is 54.9 Å². The molecule has 1 aromatic carbocycles. The molecule has 0 N–H and O–H groups in total. The second-order valence-electron chi connectivity index (χ2n) is 7.43. The maximum Gasteiger partial charge on any atom is 0.437 e. The molecule has 9 heteroatoms. The first-order valence-electron chi connectivity index (χ1n) is 9.58. The number of amides is 2. The topological polar surface area (TPSA) is 72.0 Å². The van der Waals surface area contributed by atoms with Crippen molar-refractivity contribution < 1.29 is 27.8 Å². The summed E-state index contributed by atoms with van der Waals surface area (Å²) in [4.78, 5) is 31.6. The number of pyridine rings is 1. The third-order valence-corrected chi connectivity index (χ3v) is 5.16. The highest BCUT2D eigenvalue weighted by Gasteiger charge is 2.58. The van der Waals surface area contributed by atoms with Gasteiger partial charge in [-0.15, -0.1) is 0 Å². The van der Waals surface area contributed by atoms with Crippen LogP contribution in [-0.2, 0) is 25.5 Å². The number of hydrogen-bond donors (Lipinski definition) is 0. The number of carbonyl (C=O) groups excluding carboxylic acids is 2. The van der Waals surface area contributed by atoms with Crippen LogP contribution in [0.3, 0.4) is 0 Å². The Morgan fingerprint density at radius 1 is 1.10 bits per heavy atom. The van der Waals surface area contributed by atoms with Crippen molar-refractivity contribution in [3.8, 4) is 0 Å². The largest absolute Gasteiger partial charge is 0.437 e. The van der Waals surface area contributed by atoms with Gasteiger partial charge >= 0.3 is 12.0 Å². The molecule has 2 amide bonds. The fourth-order valence-corrected chi connectivity index (χ4v) is 3.74. The fourth-order valence-electron chi connectivity index (χ4n) is 3.74. The summed E-state index contributed by atoms with van der Waals surface area (Å²) in [6.45, 7) is 0.0315. The number of halogens is 2. The number of hydrogen-bond acceptors (Lipinski definition) is 5. The maximum atomic E-state index is 14.6. The zero-order chi connectivity index (χ0) is 21.2. The molecule has 7 nitrogen and oxygen atoms in total. The molecule has 0 bridgehead atoms. The van der Waals surface area contributed by atoms with Crippen molar-refractivity contribution in [3.05, 3.63) is 60.4 Å². The lowest BCUT2D eigenvalue weighted by atomic mass is 10.00. The summed E-state index contributed by atoms with van der Waals surface area (Å²) in [5.74, 6) is -1.67. The zero-order valence-electron chi connectivity index (χ0n) is 16.2. The van der Waals surface area contributed by atoms with E-state index in [9.17, 15) is 18.4 Å². The molecule has 1 spiro atoms. The second-order valence-corrected chi connectivity index (χ2v) is 7.43. The number of anilines is 1. The molecule has 2 saturated heterocycles. The molecule has 2 aliphatic rings. The predicted molar refractivity (Wildman–Crippen MR) is 103 cm³/mol. The first-order chi connectivity index (χ1) is 14.4. The van der Waals surface area contributed by atoms with Crippen LogP contribution in [0.25, 0.3) is 0 Å². The summed E-state index contributed by atoms with van der Waals surface area (Å²) in [5, 5.41) is 0. The monoisotopic (exact) mass is 417 g/mol. The van der Waals surface area contributed by atoms with Crippen LogP contribution >= 0.6 is 0 Å². The van der Waals surface area contributed by atoms with Gasteiger partial charge in [0.25, 0.3) is 0 Å². The van der Waals surface area contributed by atoms with E-state index in [2.05, 4.69) is 4.98 Å². The molecule has 2 aliphatic heterocycles. The summed E-state index contributed by atoms with van der Waals surface area (Å²) in [6, 6.07) is 11.7. The number of para-hydroxylation sites is 1. The highest BCUT2D eigenvalue weighted by atomic mass is 19.3. The third-order valence-electron chi connectivity index (χ3n) is 5.16. The first-order valence-corrected chi connectivity index (χ1v) is 9.58. The Hall–Kier alpha value is -2.91. The predicted octanol–water partition coefficient (Wildman–Crippen LogP) is 1.88. The molecule has 2 aromatic rings. The van der Waals surface area contributed by atoms with Crippen molar-refractivity contribution in [2.24, 2.45) is 0 Å². The van der Waals surface area contributed by atoms with Crippen molar-refractivity contribution in [1.82, 2.24) is 9.88 Å². The molecule has 4 rings (SSSR count). The van der Waals surface area contributed by atoms with Crippen molar-refractivity contribution in [2.75, 3.05) is 37.7 Å². The summed E-state index contributed by atoms with van der Waals surface area (Å²) >= 11 is 0. The minimum atomic E-state index is -4.03. The molecule has 1 atom stereocenters. The molecule has 30 heavy (non-hydrogen) atoms. The number of alkyl halides is 2. The van der Waals surface area contributed by atoms with Crippen molar-refractivity contribution >= 4 is 17.5 Å². The Morgan fingerprint density at radius 3 is 2.57 bits per heavy atom. The first kappa shape index (κ1) is 20.4. The lowest BCUT2D eigenvalue weighted by Gasteiger charge is -2.45. The van der Waals surface area contributed by atoms with E-state index < -0.39 is 17.6 Å². The third kappa shape index (κ3) is 4.17. The van der Waals surface area contributed by atoms with Crippen molar-refractivity contribution in [3.63, 3.8) is 0 Å². The van der Waals surface area contributed by atoms with Gasteiger partial charge < -0.3 is 14.5 Å². The van der Waals surface area contributed by atoms with Gasteiger partial charge in [-0.2, -0.15) is 8.78 Å². The van der Waals surface area contributed by atoms with Gasteiger partial charge in [-0.25, -0.2) is 0 Å². The Balaban J connectivity index is 1.59. The minimum absolute atomic E-state index is 0.107. The minimum Gasteiger partial charge on any atom is -0.376 e. The standard InChI is InChI=1S/C21H21F2N3O4/c22-21(23)19(28)26(17-4-2-1-3-5-17)14-20(30-21)13-25(10-11-29-15-20)18(27)12-16-6-8-24-9-7-16/h1-9H,10-15H2. The number of ether oxygens (including phenoxy) is 2. The van der Waals surface area contributed by atoms with Crippen LogP contribution in [0, 0.1) is 0 Å². The van der Waals surface area contributed by atoms with Crippen LogP contribution in [0.2, 0.25) is 0 Å². The molecule has 158 valence electrons. The fraction of sp³-hybridized carbons (Fsp3) is 0.381. The Labute approximate surface area is 172 Å². The highest BCUT2D eigenvalue weighted by molar-refractivity contribution is 5.98. The lowest BCUT2D eigenvalue weighted by molar-refractivity contribution is -0.293. The molecular weight excluding hydrogens is 396 g/mol. The Bertz CT molecular complexity index is 913. The summed E-state index contributed by atoms with van der Waals surface area (Å²) in [5.41, 5.74) is -0.438. The quantitative estimate of drug-likeness (QED) is 0.763. The molecule has 3 heterocycles. The van der Waals surface area contributed by atoms with Gasteiger partial charge in [-0.05, 0) is 29.8 Å². The maximum absolute atomic E-state index is 14.6. The molecule has 1 unspecified atom stereocenters. The molecule has 0 radical (unpaired) electrons. The van der Waals surface area contributed by atoms with E-state index in [0.717, 1.165) is 10.5 Å². The normalized spacial score (nSPS) is 24.0. The Kier molecular flexibility index (Phi) is 5.48. The van der Waals surface area contributed by atoms with Crippen LogP contribution in [0.15, 0.2) is 54.9 Å². The van der Waals surface area contributed by atoms with Gasteiger partial charge in [0.1, 0.15) is 5.60 Å². The molecule has 0 aliphatic carbocycles. The Morgan fingerprint density at radius 2 is 1.83 bits per heavy atom. The number of benzene rings is 1. The van der Waals surface area contributed by atoms with Crippen LogP contribution in [0.4, 0.5) is 14.5 Å². The number of rotatable bonds is 3. The summed E-state index contributed by atoms with van der Waals surface area (Å²) in [7, 11) is 0. The van der Waals surface area contributed by atoms with E-state index in [0.29, 0.717) is 5.69 Å². The smallest absolute Gasteiger partial charge is 0.376 e. The summed E-state index contributed by atoms with van der Waals surface area (Å²) in [6.07, 6.45) is -0.745. The van der Waals surface area contributed by atoms with Crippen LogP contribution in [0.1, 0.15) is 5.56 Å². The van der Waals surface area contributed by atoms with Crippen LogP contribution in [0.5, 0.6) is 0 Å². The van der Waals surface area contributed by atoms with E-state index >= 15 is 0 Å². The molecule has 2 fully saturated rings. The van der Waals surface area contributed by atoms with E-state index in [4.69, 9.17) is 9.47 Å².